The predicted octanol–water partition coefficient (Wildman–Crippen LogP) is 14.9. The van der Waals surface area contributed by atoms with Crippen LogP contribution in [0.2, 0.25) is 0 Å². The molecule has 3 heterocycles. The molecule has 0 fully saturated rings. The van der Waals surface area contributed by atoms with Crippen molar-refractivity contribution in [2.24, 2.45) is 19.5 Å². The lowest BCUT2D eigenvalue weighted by molar-refractivity contribution is -0.447. The zero-order valence-electron chi connectivity index (χ0n) is 72.3. The number of carbonyl (C=O) groups excluding carboxylic acids is 4. The van der Waals surface area contributed by atoms with E-state index in [1.54, 1.807) is 134 Å². The molecule has 131 heavy (non-hydrogen) atoms. The van der Waals surface area contributed by atoms with E-state index < -0.39 is 70.5 Å². The minimum atomic E-state index is -4.29. The number of aliphatic hydroxyl groups is 1. The van der Waals surface area contributed by atoms with Gasteiger partial charge in [-0.25, -0.2) is 19.5 Å². The highest BCUT2D eigenvalue weighted by atomic mass is 32.2. The van der Waals surface area contributed by atoms with Crippen molar-refractivity contribution in [2.45, 2.75) is 61.3 Å². The summed E-state index contributed by atoms with van der Waals surface area (Å²) in [6.45, 7) is 7.95. The molecular weight excluding hydrogens is 1770 g/mol. The number of allylic oxidation sites excluding steroid dienone is 2. The van der Waals surface area contributed by atoms with Crippen LogP contribution in [0.4, 0.5) is 34.1 Å². The van der Waals surface area contributed by atoms with E-state index in [1.807, 2.05) is 52.0 Å². The standard InChI is InChI=1S/C42H38N2O10S2.C27H22N2O8S.C27H22N2O7S/c1-6-42(2,3)25-16-21-31(33(22-25)56(50,51)53-5)54-32-23-30(43-26-17-19-27(20-18-26)55(48,49)52-4)35-36-34(28-14-10-11-15-29(28)40(35)46)37(41(47)44-38(32)36)39(45)24-12-8-7-9-13-24;1-29-24-19(35-2)13-18(28-14-9-11-15(12-10-14)38(33,34)37-4)21-22(24)20(23(26(29)31)27(32)36-3)16-7-5-6-8-17(16)25(21)30;1-14-9-10-17(20(13-14)37-36-35-34-4)28-18-11-12-19-23-21(24(27(32)33-3)26(31)29(19)2)15-7-5-6-8-16(15)25(30)22(18)23/h7-20,22-23,31,43,45H,6,21H2,1-5H3;5-13,28H,1-4H3;5-13,28H,1-4H3. The predicted molar refractivity (Wildman–Crippen MR) is 493 cm³/mol. The van der Waals surface area contributed by atoms with E-state index >= 15 is 0 Å². The number of benzene rings is 10. The number of ketones is 2. The molecule has 0 radical (unpaired) electrons. The summed E-state index contributed by atoms with van der Waals surface area (Å²) in [5, 5.41) is 27.9. The molecule has 1 aliphatic heterocycles. The number of hydrogen-bond donors (Lipinski definition) is 4. The summed E-state index contributed by atoms with van der Waals surface area (Å²) in [4.78, 5) is 118. The molecule has 0 saturated carbocycles. The molecule has 35 heteroatoms. The molecule has 0 amide bonds. The maximum Gasteiger partial charge on any atom is 0.344 e. The maximum absolute atomic E-state index is 14.6. The molecular formula is C96H82N6O25S4. The molecule has 31 nitrogen and oxygen atoms in total. The van der Waals surface area contributed by atoms with Crippen LogP contribution < -0.4 is 52.7 Å². The summed E-state index contributed by atoms with van der Waals surface area (Å²) < 4.78 is 120. The fourth-order valence-corrected chi connectivity index (χ4v) is 19.2. The molecule has 670 valence electrons. The Bertz CT molecular complexity index is 7970. The second-order valence-corrected chi connectivity index (χ2v) is 36.7. The van der Waals surface area contributed by atoms with Gasteiger partial charge in [-0.1, -0.05) is 141 Å². The third kappa shape index (κ3) is 16.6. The lowest BCUT2D eigenvalue weighted by atomic mass is 9.79. The molecule has 0 bridgehead atoms. The maximum atomic E-state index is 14.6. The summed E-state index contributed by atoms with van der Waals surface area (Å²) in [5.74, 6) is -2.25. The van der Waals surface area contributed by atoms with Crippen molar-refractivity contribution in [3.8, 4) is 33.8 Å². The third-order valence-corrected chi connectivity index (χ3v) is 27.8. The van der Waals surface area contributed by atoms with E-state index in [0.29, 0.717) is 99.5 Å². The van der Waals surface area contributed by atoms with E-state index in [9.17, 15) is 68.7 Å². The van der Waals surface area contributed by atoms with E-state index in [-0.39, 0.29) is 115 Å². The number of pyridine rings is 2. The van der Waals surface area contributed by atoms with Gasteiger partial charge in [0.25, 0.3) is 47.0 Å². The number of aliphatic hydroxyl groups excluding tert-OH is 1. The highest BCUT2D eigenvalue weighted by Crippen LogP contribution is 2.49. The highest BCUT2D eigenvalue weighted by Gasteiger charge is 2.40. The van der Waals surface area contributed by atoms with Gasteiger partial charge in [0.05, 0.1) is 132 Å². The smallest absolute Gasteiger partial charge is 0.344 e. The van der Waals surface area contributed by atoms with Crippen molar-refractivity contribution < 1.29 is 95.3 Å². The second kappa shape index (κ2) is 36.4. The Balaban J connectivity index is 0.000000155. The summed E-state index contributed by atoms with van der Waals surface area (Å²) in [6.07, 6.45) is 3.17. The summed E-state index contributed by atoms with van der Waals surface area (Å²) in [6, 6.07) is 52.4. The first kappa shape index (κ1) is 91.6. The first-order valence-electron chi connectivity index (χ1n) is 40.2. The number of ether oxygens (including phenoxy) is 4. The van der Waals surface area contributed by atoms with Crippen LogP contribution in [-0.4, -0.2) is 124 Å². The van der Waals surface area contributed by atoms with Gasteiger partial charge in [0, 0.05) is 98.4 Å². The normalized spacial score (nSPS) is 13.7. The average Bonchev–Trinajstić information content (AvgIpc) is 0.711. The Morgan fingerprint density at radius 2 is 1.06 bits per heavy atom. The fraction of sp³-hybridized carbons (Fsp3) is 0.177. The van der Waals surface area contributed by atoms with Gasteiger partial charge in [0.2, 0.25) is 0 Å². The Morgan fingerprint density at radius 3 is 1.62 bits per heavy atom. The zero-order chi connectivity index (χ0) is 93.8. The molecule has 5 aliphatic rings. The van der Waals surface area contributed by atoms with E-state index in [2.05, 4.69) is 39.2 Å². The van der Waals surface area contributed by atoms with Crippen LogP contribution >= 0.6 is 12.0 Å². The minimum absolute atomic E-state index is 0.0302. The van der Waals surface area contributed by atoms with Crippen molar-refractivity contribution in [1.82, 2.24) is 14.1 Å². The second-order valence-electron chi connectivity index (χ2n) is 30.8. The molecule has 2 aromatic heterocycles. The third-order valence-electron chi connectivity index (χ3n) is 23.2. The van der Waals surface area contributed by atoms with Crippen molar-refractivity contribution in [1.29, 1.82) is 0 Å². The molecule has 1 atom stereocenters. The average molecular weight is 1850 g/mol. The van der Waals surface area contributed by atoms with Gasteiger partial charge in [-0.05, 0) is 125 Å². The van der Waals surface area contributed by atoms with Crippen LogP contribution in [-0.2, 0) is 80.7 Å². The van der Waals surface area contributed by atoms with E-state index in [4.69, 9.17) is 27.5 Å². The van der Waals surface area contributed by atoms with E-state index in [1.165, 1.54) is 99.2 Å². The molecule has 10 aromatic carbocycles. The largest absolute Gasteiger partial charge is 0.506 e. The van der Waals surface area contributed by atoms with Gasteiger partial charge in [0.15, 0.2) is 17.0 Å². The fourth-order valence-electron chi connectivity index (χ4n) is 16.3. The Kier molecular flexibility index (Phi) is 25.5. The van der Waals surface area contributed by atoms with Gasteiger partial charge in [-0.15, -0.1) is 4.33 Å². The number of nitrogens with one attached hydrogen (secondary N) is 3. The number of rotatable bonds is 24. The highest BCUT2D eigenvalue weighted by molar-refractivity contribution is 7.94. The molecule has 0 spiro atoms. The van der Waals surface area contributed by atoms with Crippen molar-refractivity contribution >= 4 is 149 Å². The van der Waals surface area contributed by atoms with Gasteiger partial charge >= 0.3 is 11.9 Å². The Labute approximate surface area is 752 Å². The van der Waals surface area contributed by atoms with Crippen LogP contribution in [0.3, 0.4) is 0 Å². The number of nitrogens with zero attached hydrogens (tertiary/aromatic N) is 3. The minimum Gasteiger partial charge on any atom is -0.506 e. The quantitative estimate of drug-likeness (QED) is 0.0109. The summed E-state index contributed by atoms with van der Waals surface area (Å²) >= 11 is 0.941. The van der Waals surface area contributed by atoms with Crippen molar-refractivity contribution in [3.05, 3.63) is 318 Å². The molecule has 4 N–H and O–H groups in total. The molecule has 4 aliphatic carbocycles. The number of fused-ring (bicyclic) bond motifs is 6. The van der Waals surface area contributed by atoms with Gasteiger partial charge in [0.1, 0.15) is 44.9 Å². The van der Waals surface area contributed by atoms with Crippen LogP contribution in [0.5, 0.6) is 11.5 Å². The molecule has 17 rings (SSSR count). The Morgan fingerprint density at radius 1 is 0.542 bits per heavy atom. The van der Waals surface area contributed by atoms with Crippen LogP contribution in [0, 0.1) is 22.8 Å². The van der Waals surface area contributed by atoms with Gasteiger partial charge in [-0.2, -0.15) is 25.3 Å². The first-order chi connectivity index (χ1) is 62.6. The van der Waals surface area contributed by atoms with Gasteiger partial charge in [-0.3, -0.25) is 41.3 Å². The summed E-state index contributed by atoms with van der Waals surface area (Å²) in [7, 11) is -0.748. The SMILES string of the molecule is CCC(C)(C)C1=CCC(Oc2cc(Nc3ccc(S(=O)(=O)OC)cc3)c3c4c2nc(=O)c(=C(O)c2ccccc2)c=4c2ccccc2c3=O)C(S(=O)(=O)OC)=C1.COC(=O)c1c2c3c(c(Nc4ccc(S(=O)(=O)OC)cc4)cc(OC)c3n(C)c1=O)C(=O)c1ccccc1-2.COOOSc1cc(C)ccc1Nc1ccc2c3c1C(=O)c1ccccc1-c3c(C(=O)OC)c(=O)n2C. The first-order valence-corrected chi connectivity index (χ1v) is 45.2. The van der Waals surface area contributed by atoms with E-state index in [0.717, 1.165) is 50.9 Å². The van der Waals surface area contributed by atoms with Crippen molar-refractivity contribution in [2.75, 3.05) is 65.7 Å². The lowest BCUT2D eigenvalue weighted by Crippen LogP contribution is -2.33. The lowest BCUT2D eigenvalue weighted by Gasteiger charge is -2.31. The molecule has 0 saturated heterocycles. The number of esters is 2. The van der Waals surface area contributed by atoms with Crippen molar-refractivity contribution in [3.63, 3.8) is 0 Å². The number of anilines is 6. The van der Waals surface area contributed by atoms with Gasteiger partial charge < -0.3 is 49.1 Å². The number of methoxy groups -OCH3 is 3. The van der Waals surface area contributed by atoms with Crippen LogP contribution in [0.1, 0.15) is 97.3 Å². The zero-order valence-corrected chi connectivity index (χ0v) is 75.6. The topological polar surface area (TPSA) is 410 Å². The number of aryl methyl sites for hydroxylation is 3. The van der Waals surface area contributed by atoms with Crippen LogP contribution in [0.25, 0.3) is 71.5 Å². The monoisotopic (exact) mass is 1850 g/mol. The Hall–Kier alpha value is -14.1. The number of aromatic nitrogens is 3. The van der Waals surface area contributed by atoms with Crippen LogP contribution in [0.15, 0.2) is 251 Å². The summed E-state index contributed by atoms with van der Waals surface area (Å²) in [5.41, 5.74) is 5.33. The molecule has 1 unspecified atom stereocenters. The number of carbonyl (C=O) groups is 4. The molecule has 12 aromatic rings. The number of hydrogen-bond acceptors (Lipinski definition) is 30.